The van der Waals surface area contributed by atoms with Gasteiger partial charge in [0.05, 0.1) is 0 Å². The fourth-order valence-electron chi connectivity index (χ4n) is 2.18. The van der Waals surface area contributed by atoms with Gasteiger partial charge in [-0.15, -0.1) is 12.4 Å². The number of rotatable bonds is 3. The summed E-state index contributed by atoms with van der Waals surface area (Å²) < 4.78 is 27.8. The van der Waals surface area contributed by atoms with E-state index >= 15 is 0 Å². The number of nitrogens with zero attached hydrogens (tertiary/aromatic N) is 2. The molecular formula is C11H19ClN4O3S. The average Bonchev–Trinajstić information content (AvgIpc) is 2.72. The predicted molar refractivity (Wildman–Crippen MR) is 77.4 cm³/mol. The molecule has 1 amide bonds. The van der Waals surface area contributed by atoms with Crippen LogP contribution in [-0.2, 0) is 17.1 Å². The number of aryl methyl sites for hydroxylation is 1. The first-order valence-corrected chi connectivity index (χ1v) is 7.46. The molecule has 20 heavy (non-hydrogen) atoms. The number of carbonyl (C=O) groups is 1. The largest absolute Gasteiger partial charge is 0.364 e. The number of hydrogen-bond donors (Lipinski definition) is 2. The van der Waals surface area contributed by atoms with Crippen molar-refractivity contribution in [2.45, 2.75) is 17.9 Å². The molecule has 1 aliphatic rings. The first-order chi connectivity index (χ1) is 8.82. The number of nitrogens with two attached hydrogens (primary N) is 1. The number of primary amides is 1. The van der Waals surface area contributed by atoms with Crippen molar-refractivity contribution in [3.63, 3.8) is 0 Å². The molecule has 0 aromatic carbocycles. The molecule has 0 saturated carbocycles. The van der Waals surface area contributed by atoms with Crippen LogP contribution in [0.3, 0.4) is 0 Å². The molecular weight excluding hydrogens is 304 g/mol. The van der Waals surface area contributed by atoms with Gasteiger partial charge in [-0.05, 0) is 13.0 Å². The third-order valence-electron chi connectivity index (χ3n) is 3.20. The topological polar surface area (TPSA) is 97.4 Å². The van der Waals surface area contributed by atoms with Crippen LogP contribution < -0.4 is 11.1 Å². The zero-order chi connectivity index (χ0) is 14.2. The van der Waals surface area contributed by atoms with E-state index < -0.39 is 15.9 Å². The van der Waals surface area contributed by atoms with Gasteiger partial charge in [-0.25, -0.2) is 8.42 Å². The molecule has 0 unspecified atom stereocenters. The number of nitrogens with one attached hydrogen (secondary N) is 1. The highest BCUT2D eigenvalue weighted by molar-refractivity contribution is 7.89. The number of sulfonamides is 1. The Balaban J connectivity index is 0.00000200. The Labute approximate surface area is 124 Å². The van der Waals surface area contributed by atoms with Crippen molar-refractivity contribution >= 4 is 28.3 Å². The summed E-state index contributed by atoms with van der Waals surface area (Å²) in [6.45, 7) is 3.40. The Hall–Kier alpha value is -1.09. The van der Waals surface area contributed by atoms with Crippen molar-refractivity contribution in [2.24, 2.45) is 12.8 Å². The summed E-state index contributed by atoms with van der Waals surface area (Å²) in [5, 5.41) is 3.18. The van der Waals surface area contributed by atoms with Crippen molar-refractivity contribution in [1.82, 2.24) is 14.2 Å². The molecule has 0 spiro atoms. The second-order valence-electron chi connectivity index (χ2n) is 4.75. The van der Waals surface area contributed by atoms with Crippen molar-refractivity contribution in [3.8, 4) is 0 Å². The summed E-state index contributed by atoms with van der Waals surface area (Å²) in [4.78, 5) is 11.3. The number of aromatic nitrogens is 1. The van der Waals surface area contributed by atoms with Gasteiger partial charge < -0.3 is 15.6 Å². The lowest BCUT2D eigenvalue weighted by Crippen LogP contribution is -2.51. The lowest BCUT2D eigenvalue weighted by Gasteiger charge is -2.30. The van der Waals surface area contributed by atoms with E-state index in [1.165, 1.54) is 21.1 Å². The number of halogens is 1. The fraction of sp³-hybridized carbons (Fsp3) is 0.545. The quantitative estimate of drug-likeness (QED) is 0.786. The van der Waals surface area contributed by atoms with Gasteiger partial charge in [0.15, 0.2) is 0 Å². The molecule has 3 N–H and O–H groups in total. The first kappa shape index (κ1) is 17.0. The predicted octanol–water partition coefficient (Wildman–Crippen LogP) is -0.472. The third kappa shape index (κ3) is 3.14. The summed E-state index contributed by atoms with van der Waals surface area (Å²) >= 11 is 0. The van der Waals surface area contributed by atoms with Crippen LogP contribution in [0.5, 0.6) is 0 Å². The maximum atomic E-state index is 12.5. The normalized spacial score (nSPS) is 20.4. The number of carbonyl (C=O) groups excluding carboxylic acids is 1. The van der Waals surface area contributed by atoms with Gasteiger partial charge in [0.25, 0.3) is 5.91 Å². The molecule has 7 nitrogen and oxygen atoms in total. The molecule has 1 aromatic rings. The van der Waals surface area contributed by atoms with E-state index in [0.29, 0.717) is 19.6 Å². The minimum atomic E-state index is -3.57. The third-order valence-corrected chi connectivity index (χ3v) is 5.03. The average molecular weight is 323 g/mol. The Morgan fingerprint density at radius 2 is 2.15 bits per heavy atom. The second kappa shape index (κ2) is 6.13. The smallest absolute Gasteiger partial charge is 0.265 e. The Morgan fingerprint density at radius 3 is 2.65 bits per heavy atom. The summed E-state index contributed by atoms with van der Waals surface area (Å²) in [6.07, 6.45) is 1.42. The van der Waals surface area contributed by atoms with Crippen molar-refractivity contribution < 1.29 is 13.2 Å². The molecule has 1 fully saturated rings. The maximum Gasteiger partial charge on any atom is 0.265 e. The number of hydrogen-bond acceptors (Lipinski definition) is 4. The van der Waals surface area contributed by atoms with Crippen LogP contribution in [0, 0.1) is 0 Å². The summed E-state index contributed by atoms with van der Waals surface area (Å²) in [6, 6.07) is 1.44. The Bertz CT molecular complexity index is 599. The molecule has 1 aliphatic heterocycles. The maximum absolute atomic E-state index is 12.5. The van der Waals surface area contributed by atoms with Crippen LogP contribution >= 0.6 is 12.4 Å². The van der Waals surface area contributed by atoms with Gasteiger partial charge in [-0.2, -0.15) is 4.31 Å². The zero-order valence-electron chi connectivity index (χ0n) is 11.4. The highest BCUT2D eigenvalue weighted by Crippen LogP contribution is 2.19. The molecule has 0 bridgehead atoms. The Kier molecular flexibility index (Phi) is 5.20. The molecule has 2 rings (SSSR count). The van der Waals surface area contributed by atoms with E-state index in [4.69, 9.17) is 5.73 Å². The standard InChI is InChI=1S/C11H18N4O3S.ClH/c1-8-6-15(4-3-13-8)19(17,18)9-5-10(11(12)16)14(2)7-9;/h5,7-8,13H,3-4,6H2,1-2H3,(H2,12,16);1H/t8-;/m0./s1. The van der Waals surface area contributed by atoms with Gasteiger partial charge in [0, 0.05) is 38.9 Å². The SMILES string of the molecule is C[C@H]1CN(S(=O)(=O)c2cc(C(N)=O)n(C)c2)CCN1.Cl. The Morgan fingerprint density at radius 1 is 1.50 bits per heavy atom. The van der Waals surface area contributed by atoms with Crippen LogP contribution in [0.2, 0.25) is 0 Å². The van der Waals surface area contributed by atoms with Crippen molar-refractivity contribution in [1.29, 1.82) is 0 Å². The van der Waals surface area contributed by atoms with E-state index in [0.717, 1.165) is 0 Å². The molecule has 1 aromatic heterocycles. The lowest BCUT2D eigenvalue weighted by atomic mass is 10.3. The highest BCUT2D eigenvalue weighted by Gasteiger charge is 2.30. The van der Waals surface area contributed by atoms with Gasteiger partial charge in [0.2, 0.25) is 10.0 Å². The molecule has 0 aliphatic carbocycles. The summed E-state index contributed by atoms with van der Waals surface area (Å²) in [5.74, 6) is -0.641. The van der Waals surface area contributed by atoms with E-state index in [9.17, 15) is 13.2 Å². The van der Waals surface area contributed by atoms with Gasteiger partial charge in [-0.3, -0.25) is 4.79 Å². The van der Waals surface area contributed by atoms with Crippen LogP contribution in [-0.4, -0.2) is 48.9 Å². The van der Waals surface area contributed by atoms with E-state index in [2.05, 4.69) is 5.32 Å². The highest BCUT2D eigenvalue weighted by atomic mass is 35.5. The second-order valence-corrected chi connectivity index (χ2v) is 6.69. The number of amides is 1. The van der Waals surface area contributed by atoms with Crippen LogP contribution in [0.1, 0.15) is 17.4 Å². The monoisotopic (exact) mass is 322 g/mol. The van der Waals surface area contributed by atoms with Gasteiger partial charge >= 0.3 is 0 Å². The summed E-state index contributed by atoms with van der Waals surface area (Å²) in [7, 11) is -1.97. The minimum Gasteiger partial charge on any atom is -0.364 e. The van der Waals surface area contributed by atoms with E-state index in [1.807, 2.05) is 6.92 Å². The van der Waals surface area contributed by atoms with Crippen molar-refractivity contribution in [3.05, 3.63) is 18.0 Å². The minimum absolute atomic E-state index is 0. The summed E-state index contributed by atoms with van der Waals surface area (Å²) in [5.41, 5.74) is 5.38. The van der Waals surface area contributed by atoms with E-state index in [1.54, 1.807) is 7.05 Å². The molecule has 0 radical (unpaired) electrons. The first-order valence-electron chi connectivity index (χ1n) is 6.02. The molecule has 1 atom stereocenters. The molecule has 2 heterocycles. The molecule has 9 heteroatoms. The number of piperazine rings is 1. The zero-order valence-corrected chi connectivity index (χ0v) is 13.0. The van der Waals surface area contributed by atoms with Gasteiger partial charge in [-0.1, -0.05) is 0 Å². The molecule has 1 saturated heterocycles. The lowest BCUT2D eigenvalue weighted by molar-refractivity contribution is 0.0992. The van der Waals surface area contributed by atoms with Crippen LogP contribution in [0.15, 0.2) is 17.2 Å². The van der Waals surface area contributed by atoms with Crippen LogP contribution in [0.4, 0.5) is 0 Å². The molecule has 114 valence electrons. The fourth-order valence-corrected chi connectivity index (χ4v) is 3.79. The van der Waals surface area contributed by atoms with E-state index in [-0.39, 0.29) is 29.0 Å². The van der Waals surface area contributed by atoms with Gasteiger partial charge in [0.1, 0.15) is 10.6 Å². The van der Waals surface area contributed by atoms with Crippen molar-refractivity contribution in [2.75, 3.05) is 19.6 Å². The van der Waals surface area contributed by atoms with Crippen LogP contribution in [0.25, 0.3) is 0 Å².